The summed E-state index contributed by atoms with van der Waals surface area (Å²) in [5.74, 6) is 0.391. The standard InChI is InChI=1S/C39H35N5O3/c45-37(47-28-29-15-5-1-6-16-29)40-34-25-30-17-13-14-24-35(30)38(46,26-34)27-36-41-43-44(42-36)39(31-18-7-2-8-19-31,32-20-9-3-10-21-32)33-22-11-4-12-23-33/h1-24,34,46H,25-28H2,(H,40,45)/t34-,38+/m0/s1. The zero-order valence-electron chi connectivity index (χ0n) is 25.8. The van der Waals surface area contributed by atoms with E-state index in [1.807, 2.05) is 109 Å². The minimum absolute atomic E-state index is 0.107. The molecule has 6 aromatic rings. The number of hydrogen-bond acceptors (Lipinski definition) is 6. The SMILES string of the molecule is O=C(N[C@H]1Cc2ccccc2[C@](O)(Cc2nnn(C(c3ccccc3)(c3ccccc3)c3ccccc3)n2)C1)OCc1ccccc1. The van der Waals surface area contributed by atoms with E-state index in [0.717, 1.165) is 33.4 Å². The topological polar surface area (TPSA) is 102 Å². The molecule has 1 aliphatic carbocycles. The Bertz CT molecular complexity index is 1840. The molecule has 2 atom stereocenters. The number of ether oxygens (including phenoxy) is 1. The second kappa shape index (κ2) is 13.0. The molecular weight excluding hydrogens is 586 g/mol. The van der Waals surface area contributed by atoms with Crippen LogP contribution < -0.4 is 5.32 Å². The van der Waals surface area contributed by atoms with Crippen molar-refractivity contribution < 1.29 is 14.6 Å². The fourth-order valence-corrected chi connectivity index (χ4v) is 6.81. The van der Waals surface area contributed by atoms with Gasteiger partial charge < -0.3 is 15.2 Å². The third-order valence-corrected chi connectivity index (χ3v) is 8.88. The molecule has 2 N–H and O–H groups in total. The van der Waals surface area contributed by atoms with Crippen molar-refractivity contribution in [1.82, 2.24) is 25.5 Å². The molecule has 1 aliphatic rings. The normalized spacial score (nSPS) is 17.4. The van der Waals surface area contributed by atoms with E-state index in [-0.39, 0.29) is 25.5 Å². The molecule has 0 aliphatic heterocycles. The number of benzene rings is 5. The summed E-state index contributed by atoms with van der Waals surface area (Å²) in [6.07, 6.45) is 0.414. The lowest BCUT2D eigenvalue weighted by atomic mass is 9.75. The zero-order valence-corrected chi connectivity index (χ0v) is 25.8. The number of aromatic nitrogens is 4. The van der Waals surface area contributed by atoms with Gasteiger partial charge in [-0.05, 0) is 45.0 Å². The van der Waals surface area contributed by atoms with Crippen LogP contribution in [0.4, 0.5) is 4.79 Å². The fourth-order valence-electron chi connectivity index (χ4n) is 6.81. The van der Waals surface area contributed by atoms with E-state index in [4.69, 9.17) is 9.84 Å². The summed E-state index contributed by atoms with van der Waals surface area (Å²) in [7, 11) is 0. The molecule has 47 heavy (non-hydrogen) atoms. The summed E-state index contributed by atoms with van der Waals surface area (Å²) >= 11 is 0. The van der Waals surface area contributed by atoms with Crippen molar-refractivity contribution >= 4 is 6.09 Å². The van der Waals surface area contributed by atoms with Crippen LogP contribution in [0.2, 0.25) is 0 Å². The number of rotatable bonds is 9. The Morgan fingerprint density at radius 1 is 0.787 bits per heavy atom. The first kappa shape index (κ1) is 30.1. The van der Waals surface area contributed by atoms with Crippen LogP contribution in [0.15, 0.2) is 146 Å². The Labute approximate surface area is 273 Å². The van der Waals surface area contributed by atoms with Crippen molar-refractivity contribution in [2.24, 2.45) is 0 Å². The summed E-state index contributed by atoms with van der Waals surface area (Å²) in [4.78, 5) is 14.5. The van der Waals surface area contributed by atoms with Crippen LogP contribution in [0.25, 0.3) is 0 Å². The van der Waals surface area contributed by atoms with Gasteiger partial charge in [0.15, 0.2) is 11.4 Å². The minimum Gasteiger partial charge on any atom is -0.445 e. The maximum Gasteiger partial charge on any atom is 0.407 e. The number of hydrogen-bond donors (Lipinski definition) is 2. The van der Waals surface area contributed by atoms with Gasteiger partial charge in [0.25, 0.3) is 0 Å². The first-order valence-electron chi connectivity index (χ1n) is 15.8. The molecule has 0 bridgehead atoms. The Balaban J connectivity index is 1.22. The van der Waals surface area contributed by atoms with Crippen LogP contribution in [0.1, 0.15) is 45.6 Å². The van der Waals surface area contributed by atoms with E-state index in [1.165, 1.54) is 0 Å². The van der Waals surface area contributed by atoms with Gasteiger partial charge in [-0.15, -0.1) is 15.0 Å². The summed E-state index contributed by atoms with van der Waals surface area (Å²) in [5.41, 5.74) is 3.30. The van der Waals surface area contributed by atoms with E-state index in [1.54, 1.807) is 4.80 Å². The van der Waals surface area contributed by atoms with Crippen molar-refractivity contribution in [1.29, 1.82) is 0 Å². The molecule has 0 radical (unpaired) electrons. The molecule has 234 valence electrons. The highest BCUT2D eigenvalue weighted by molar-refractivity contribution is 5.68. The molecule has 0 saturated heterocycles. The molecule has 5 aromatic carbocycles. The highest BCUT2D eigenvalue weighted by Crippen LogP contribution is 2.41. The van der Waals surface area contributed by atoms with Crippen molar-refractivity contribution in [2.75, 3.05) is 0 Å². The molecule has 7 rings (SSSR count). The first-order valence-corrected chi connectivity index (χ1v) is 15.8. The zero-order chi connectivity index (χ0) is 32.1. The number of alkyl carbamates (subject to hydrolysis) is 1. The summed E-state index contributed by atoms with van der Waals surface area (Å²) in [5, 5.41) is 29.5. The first-order chi connectivity index (χ1) is 23.0. The molecule has 1 amide bonds. The van der Waals surface area contributed by atoms with E-state index in [0.29, 0.717) is 12.2 Å². The molecule has 0 fully saturated rings. The number of fused-ring (bicyclic) bond motifs is 1. The quantitative estimate of drug-likeness (QED) is 0.187. The average molecular weight is 622 g/mol. The molecule has 0 spiro atoms. The summed E-state index contributed by atoms with van der Waals surface area (Å²) in [6, 6.07) is 47.4. The predicted octanol–water partition coefficient (Wildman–Crippen LogP) is 6.18. The maximum absolute atomic E-state index is 12.8. The predicted molar refractivity (Wildman–Crippen MR) is 178 cm³/mol. The highest BCUT2D eigenvalue weighted by Gasteiger charge is 2.43. The second-order valence-corrected chi connectivity index (χ2v) is 12.0. The smallest absolute Gasteiger partial charge is 0.407 e. The third-order valence-electron chi connectivity index (χ3n) is 8.88. The fraction of sp³-hybridized carbons (Fsp3) is 0.179. The number of carbonyl (C=O) groups excluding carboxylic acids is 1. The van der Waals surface area contributed by atoms with E-state index in [9.17, 15) is 9.90 Å². The van der Waals surface area contributed by atoms with Crippen LogP contribution in [-0.4, -0.2) is 37.4 Å². The van der Waals surface area contributed by atoms with Gasteiger partial charge >= 0.3 is 6.09 Å². The Morgan fingerprint density at radius 2 is 1.32 bits per heavy atom. The van der Waals surface area contributed by atoms with Gasteiger partial charge in [0.2, 0.25) is 0 Å². The lowest BCUT2D eigenvalue weighted by Gasteiger charge is -2.38. The lowest BCUT2D eigenvalue weighted by molar-refractivity contribution is 0.00699. The van der Waals surface area contributed by atoms with Crippen LogP contribution in [0, 0.1) is 0 Å². The van der Waals surface area contributed by atoms with E-state index >= 15 is 0 Å². The van der Waals surface area contributed by atoms with Crippen molar-refractivity contribution in [3.05, 3.63) is 185 Å². The number of aliphatic hydroxyl groups is 1. The number of nitrogens with one attached hydrogen (secondary N) is 1. The van der Waals surface area contributed by atoms with Gasteiger partial charge in [0, 0.05) is 18.9 Å². The van der Waals surface area contributed by atoms with Crippen molar-refractivity contribution in [2.45, 2.75) is 43.1 Å². The van der Waals surface area contributed by atoms with Gasteiger partial charge in [-0.1, -0.05) is 146 Å². The van der Waals surface area contributed by atoms with Crippen LogP contribution in [-0.2, 0) is 35.3 Å². The van der Waals surface area contributed by atoms with Gasteiger partial charge in [-0.2, -0.15) is 0 Å². The largest absolute Gasteiger partial charge is 0.445 e. The molecule has 0 saturated carbocycles. The van der Waals surface area contributed by atoms with E-state index in [2.05, 4.69) is 52.0 Å². The summed E-state index contributed by atoms with van der Waals surface area (Å²) < 4.78 is 5.50. The van der Waals surface area contributed by atoms with Gasteiger partial charge in [0.05, 0.1) is 5.60 Å². The molecular formula is C39H35N5O3. The average Bonchev–Trinajstić information content (AvgIpc) is 3.57. The van der Waals surface area contributed by atoms with Crippen LogP contribution in [0.3, 0.4) is 0 Å². The van der Waals surface area contributed by atoms with Gasteiger partial charge in [0.1, 0.15) is 6.61 Å². The van der Waals surface area contributed by atoms with E-state index < -0.39 is 17.2 Å². The minimum atomic E-state index is -1.35. The molecule has 1 aromatic heterocycles. The highest BCUT2D eigenvalue weighted by atomic mass is 16.5. The number of amides is 1. The number of nitrogens with zero attached hydrogens (tertiary/aromatic N) is 4. The van der Waals surface area contributed by atoms with Crippen LogP contribution in [0.5, 0.6) is 0 Å². The second-order valence-electron chi connectivity index (χ2n) is 12.0. The maximum atomic E-state index is 12.8. The Morgan fingerprint density at radius 3 is 1.91 bits per heavy atom. The molecule has 1 heterocycles. The molecule has 8 heteroatoms. The Kier molecular flexibility index (Phi) is 8.33. The van der Waals surface area contributed by atoms with Crippen LogP contribution >= 0.6 is 0 Å². The monoisotopic (exact) mass is 621 g/mol. The molecule has 0 unspecified atom stereocenters. The van der Waals surface area contributed by atoms with Crippen molar-refractivity contribution in [3.63, 3.8) is 0 Å². The lowest BCUT2D eigenvalue weighted by Crippen LogP contribution is -2.47. The summed E-state index contributed by atoms with van der Waals surface area (Å²) in [6.45, 7) is 0.166. The Hall–Kier alpha value is -5.60. The molecule has 8 nitrogen and oxygen atoms in total. The number of carbonyl (C=O) groups is 1. The van der Waals surface area contributed by atoms with Gasteiger partial charge in [-0.25, -0.2) is 4.79 Å². The van der Waals surface area contributed by atoms with Gasteiger partial charge in [-0.3, -0.25) is 0 Å². The van der Waals surface area contributed by atoms with Crippen molar-refractivity contribution in [3.8, 4) is 0 Å². The third kappa shape index (κ3) is 6.03. The number of tetrazole rings is 1.